The van der Waals surface area contributed by atoms with Crippen LogP contribution in [-0.4, -0.2) is 27.0 Å². The monoisotopic (exact) mass is 351 g/mol. The largest absolute Gasteiger partial charge is 0.391 e. The van der Waals surface area contributed by atoms with Crippen LogP contribution in [-0.2, 0) is 13.5 Å². The molecule has 1 aromatic heterocycles. The molecule has 0 saturated carbocycles. The van der Waals surface area contributed by atoms with E-state index in [-0.39, 0.29) is 11.6 Å². The van der Waals surface area contributed by atoms with Gasteiger partial charge in [-0.2, -0.15) is 5.10 Å². The third-order valence-corrected chi connectivity index (χ3v) is 4.09. The Morgan fingerprint density at radius 2 is 2.05 bits per heavy atom. The molecule has 2 rings (SSSR count). The van der Waals surface area contributed by atoms with Crippen molar-refractivity contribution in [3.63, 3.8) is 0 Å². The predicted molar refractivity (Wildman–Crippen MR) is 86.4 cm³/mol. The van der Waals surface area contributed by atoms with Crippen molar-refractivity contribution in [1.82, 2.24) is 9.78 Å². The lowest BCUT2D eigenvalue weighted by molar-refractivity contribution is 0.158. The Morgan fingerprint density at radius 1 is 1.38 bits per heavy atom. The molecule has 2 unspecified atom stereocenters. The molecule has 0 fully saturated rings. The maximum Gasteiger partial charge on any atom is 0.282 e. The van der Waals surface area contributed by atoms with Gasteiger partial charge in [0.2, 0.25) is 0 Å². The second kappa shape index (κ2) is 6.87. The van der Waals surface area contributed by atoms with Gasteiger partial charge in [0, 0.05) is 19.5 Å². The van der Waals surface area contributed by atoms with Crippen molar-refractivity contribution >= 4 is 21.6 Å². The summed E-state index contributed by atoms with van der Waals surface area (Å²) in [6, 6.07) is 9.58. The highest BCUT2D eigenvalue weighted by atomic mass is 79.9. The molecule has 0 radical (unpaired) electrons. The third-order valence-electron chi connectivity index (χ3n) is 3.33. The van der Waals surface area contributed by atoms with E-state index in [2.05, 4.69) is 26.3 Å². The van der Waals surface area contributed by atoms with Gasteiger partial charge in [-0.25, -0.2) is 4.68 Å². The fraction of sp³-hybridized carbons (Fsp3) is 0.333. The molecule has 1 heterocycles. The molecule has 0 aliphatic carbocycles. The highest BCUT2D eigenvalue weighted by Gasteiger charge is 2.17. The number of nitrogens with zero attached hydrogens (tertiary/aromatic N) is 2. The van der Waals surface area contributed by atoms with Gasteiger partial charge in [-0.15, -0.1) is 0 Å². The number of aliphatic hydroxyl groups excluding tert-OH is 1. The number of benzene rings is 1. The molecule has 0 aliphatic rings. The summed E-state index contributed by atoms with van der Waals surface area (Å²) in [5.74, 6) is 0. The smallest absolute Gasteiger partial charge is 0.282 e. The van der Waals surface area contributed by atoms with Gasteiger partial charge in [-0.3, -0.25) is 4.79 Å². The fourth-order valence-corrected chi connectivity index (χ4v) is 2.46. The Balaban J connectivity index is 2.06. The Kier molecular flexibility index (Phi) is 5.14. The number of hydrogen-bond donors (Lipinski definition) is 2. The van der Waals surface area contributed by atoms with E-state index in [0.717, 1.165) is 5.56 Å². The van der Waals surface area contributed by atoms with Crippen LogP contribution in [0.1, 0.15) is 12.5 Å². The van der Waals surface area contributed by atoms with Gasteiger partial charge in [0.05, 0.1) is 18.0 Å². The second-order valence-electron chi connectivity index (χ2n) is 4.99. The van der Waals surface area contributed by atoms with Gasteiger partial charge in [0.1, 0.15) is 4.47 Å². The van der Waals surface area contributed by atoms with E-state index < -0.39 is 6.10 Å². The molecule has 1 aromatic carbocycles. The average Bonchev–Trinajstić information content (AvgIpc) is 2.48. The predicted octanol–water partition coefficient (Wildman–Crippen LogP) is 1.95. The first-order valence-electron chi connectivity index (χ1n) is 6.69. The summed E-state index contributed by atoms with van der Waals surface area (Å²) < 4.78 is 1.67. The zero-order valence-corrected chi connectivity index (χ0v) is 13.5. The lowest BCUT2D eigenvalue weighted by Gasteiger charge is -2.22. The number of rotatable bonds is 5. The first-order chi connectivity index (χ1) is 9.99. The number of aliphatic hydroxyl groups is 1. The molecule has 0 aliphatic heterocycles. The minimum absolute atomic E-state index is 0.213. The van der Waals surface area contributed by atoms with Crippen molar-refractivity contribution in [3.8, 4) is 0 Å². The molecule has 21 heavy (non-hydrogen) atoms. The third kappa shape index (κ3) is 3.92. The fourth-order valence-electron chi connectivity index (χ4n) is 1.99. The van der Waals surface area contributed by atoms with Gasteiger partial charge in [-0.1, -0.05) is 30.3 Å². The molecule has 0 amide bonds. The Labute approximate surface area is 131 Å². The quantitative estimate of drug-likeness (QED) is 0.863. The summed E-state index contributed by atoms with van der Waals surface area (Å²) in [6.07, 6.45) is 1.55. The summed E-state index contributed by atoms with van der Waals surface area (Å²) >= 11 is 3.26. The maximum atomic E-state index is 11.8. The first-order valence-corrected chi connectivity index (χ1v) is 7.48. The molecule has 0 bridgehead atoms. The summed E-state index contributed by atoms with van der Waals surface area (Å²) in [6.45, 7) is 1.87. The average molecular weight is 352 g/mol. The van der Waals surface area contributed by atoms with Crippen LogP contribution < -0.4 is 10.9 Å². The summed E-state index contributed by atoms with van der Waals surface area (Å²) in [5.41, 5.74) is 1.43. The van der Waals surface area contributed by atoms with E-state index in [1.165, 1.54) is 4.68 Å². The van der Waals surface area contributed by atoms with Crippen LogP contribution in [0.25, 0.3) is 0 Å². The van der Waals surface area contributed by atoms with E-state index in [1.807, 2.05) is 37.3 Å². The first kappa shape index (κ1) is 15.7. The van der Waals surface area contributed by atoms with Crippen LogP contribution in [0, 0.1) is 0 Å². The van der Waals surface area contributed by atoms with Gasteiger partial charge in [0.25, 0.3) is 5.56 Å². The van der Waals surface area contributed by atoms with Crippen LogP contribution in [0.15, 0.2) is 45.8 Å². The molecular formula is C15H18BrN3O2. The van der Waals surface area contributed by atoms with Crippen LogP contribution >= 0.6 is 15.9 Å². The standard InChI is InChI=1S/C15H18BrN3O2/c1-10(13(20)8-11-6-4-3-5-7-11)18-12-9-17-19(2)15(21)14(12)16/h3-7,9-10,13,18,20H,8H2,1-2H3. The van der Waals surface area contributed by atoms with E-state index in [4.69, 9.17) is 0 Å². The summed E-state index contributed by atoms with van der Waals surface area (Å²) in [5, 5.41) is 17.4. The number of nitrogens with one attached hydrogen (secondary N) is 1. The van der Waals surface area contributed by atoms with E-state index in [9.17, 15) is 9.90 Å². The Morgan fingerprint density at radius 3 is 2.71 bits per heavy atom. The van der Waals surface area contributed by atoms with Crippen molar-refractivity contribution in [2.45, 2.75) is 25.5 Å². The van der Waals surface area contributed by atoms with Gasteiger partial charge in [0.15, 0.2) is 0 Å². The Hall–Kier alpha value is -1.66. The number of aryl methyl sites for hydroxylation is 1. The van der Waals surface area contributed by atoms with Crippen LogP contribution in [0.5, 0.6) is 0 Å². The van der Waals surface area contributed by atoms with E-state index in [0.29, 0.717) is 16.6 Å². The SMILES string of the molecule is CC(Nc1cnn(C)c(=O)c1Br)C(O)Cc1ccccc1. The highest BCUT2D eigenvalue weighted by Crippen LogP contribution is 2.18. The number of aromatic nitrogens is 2. The van der Waals surface area contributed by atoms with E-state index >= 15 is 0 Å². The molecule has 2 aromatic rings. The van der Waals surface area contributed by atoms with Crippen molar-refractivity contribution < 1.29 is 5.11 Å². The summed E-state index contributed by atoms with van der Waals surface area (Å²) in [7, 11) is 1.59. The van der Waals surface area contributed by atoms with E-state index in [1.54, 1.807) is 13.2 Å². The minimum atomic E-state index is -0.566. The lowest BCUT2D eigenvalue weighted by Crippen LogP contribution is -2.33. The highest BCUT2D eigenvalue weighted by molar-refractivity contribution is 9.10. The Bertz CT molecular complexity index is 658. The number of anilines is 1. The molecule has 0 saturated heterocycles. The second-order valence-corrected chi connectivity index (χ2v) is 5.78. The molecule has 6 heteroatoms. The van der Waals surface area contributed by atoms with Crippen molar-refractivity contribution in [1.29, 1.82) is 0 Å². The lowest BCUT2D eigenvalue weighted by atomic mass is 10.0. The van der Waals surface area contributed by atoms with Gasteiger partial charge >= 0.3 is 0 Å². The van der Waals surface area contributed by atoms with Crippen LogP contribution in [0.2, 0.25) is 0 Å². The molecule has 2 atom stereocenters. The topological polar surface area (TPSA) is 67.2 Å². The van der Waals surface area contributed by atoms with Crippen LogP contribution in [0.4, 0.5) is 5.69 Å². The molecule has 0 spiro atoms. The van der Waals surface area contributed by atoms with Crippen molar-refractivity contribution in [2.75, 3.05) is 5.32 Å². The van der Waals surface area contributed by atoms with Gasteiger partial charge in [-0.05, 0) is 28.4 Å². The summed E-state index contributed by atoms with van der Waals surface area (Å²) in [4.78, 5) is 11.8. The minimum Gasteiger partial charge on any atom is -0.391 e. The zero-order valence-electron chi connectivity index (χ0n) is 12.0. The molecule has 2 N–H and O–H groups in total. The normalized spacial score (nSPS) is 13.7. The maximum absolute atomic E-state index is 11.8. The molecular weight excluding hydrogens is 334 g/mol. The van der Waals surface area contributed by atoms with Crippen molar-refractivity contribution in [2.24, 2.45) is 7.05 Å². The van der Waals surface area contributed by atoms with Gasteiger partial charge < -0.3 is 10.4 Å². The zero-order chi connectivity index (χ0) is 15.4. The molecule has 112 valence electrons. The van der Waals surface area contributed by atoms with Crippen LogP contribution in [0.3, 0.4) is 0 Å². The molecule has 5 nitrogen and oxygen atoms in total. The number of hydrogen-bond acceptors (Lipinski definition) is 4. The number of halogens is 1. The van der Waals surface area contributed by atoms with Crippen molar-refractivity contribution in [3.05, 3.63) is 56.9 Å².